The van der Waals surface area contributed by atoms with Crippen molar-refractivity contribution in [1.82, 2.24) is 99.4 Å². The van der Waals surface area contributed by atoms with Gasteiger partial charge in [-0.15, -0.1) is 9.59 Å². The molecule has 33 heteroatoms. The fraction of sp³-hybridized carbons (Fsp3) is 0.376. The predicted molar refractivity (Wildman–Crippen MR) is 482 cm³/mol. The Morgan fingerprint density at radius 3 is 1.16 bits per heavy atom. The van der Waals surface area contributed by atoms with Gasteiger partial charge < -0.3 is 40.9 Å². The number of fused-ring (bicyclic) bond motifs is 12. The van der Waals surface area contributed by atoms with Gasteiger partial charge in [-0.25, -0.2) is 54.2 Å². The minimum atomic E-state index is -0.561. The summed E-state index contributed by atoms with van der Waals surface area (Å²) in [7, 11) is 0. The summed E-state index contributed by atoms with van der Waals surface area (Å²) in [6.07, 6.45) is 33.9. The maximum absolute atomic E-state index is 15.0. The van der Waals surface area contributed by atoms with Crippen molar-refractivity contribution in [2.75, 3.05) is 47.4 Å². The second-order valence-corrected chi connectivity index (χ2v) is 36.0. The lowest BCUT2D eigenvalue weighted by molar-refractivity contribution is 0.0273. The van der Waals surface area contributed by atoms with Crippen LogP contribution < -0.4 is 21.3 Å². The fourth-order valence-corrected chi connectivity index (χ4v) is 20.5. The normalized spacial score (nSPS) is 22.3. The van der Waals surface area contributed by atoms with Crippen molar-refractivity contribution >= 4 is 93.3 Å². The van der Waals surface area contributed by atoms with E-state index in [2.05, 4.69) is 91.5 Å². The summed E-state index contributed by atoms with van der Waals surface area (Å²) in [5, 5.41) is 33.2. The van der Waals surface area contributed by atoms with Gasteiger partial charge in [0.1, 0.15) is 34.8 Å². The van der Waals surface area contributed by atoms with Crippen LogP contribution in [-0.2, 0) is 0 Å². The number of hydrogen-bond donors (Lipinski definition) is 4. The molecule has 10 aromatic heterocycles. The molecule has 12 aliphatic rings. The van der Waals surface area contributed by atoms with Gasteiger partial charge >= 0.3 is 0 Å². The zero-order valence-electron chi connectivity index (χ0n) is 70.9. The largest absolute Gasteiger partial charge is 0.364 e. The number of rotatable bonds is 16. The summed E-state index contributed by atoms with van der Waals surface area (Å²) in [4.78, 5) is 110. The van der Waals surface area contributed by atoms with Crippen molar-refractivity contribution in [3.63, 3.8) is 0 Å². The van der Waals surface area contributed by atoms with Crippen molar-refractivity contribution in [2.24, 2.45) is 23.7 Å². The number of hydrogen-bond acceptors (Lipinski definition) is 22. The number of halogens is 5. The number of amides is 4. The number of carbonyl (C=O) groups is 4. The van der Waals surface area contributed by atoms with Crippen LogP contribution in [0.2, 0.25) is 20.1 Å². The molecule has 4 N–H and O–H groups in total. The molecule has 4 amide bonds. The summed E-state index contributed by atoms with van der Waals surface area (Å²) in [5.41, 5.74) is 10.2. The summed E-state index contributed by atoms with van der Waals surface area (Å²) in [6.45, 7) is 16.5. The minimum Gasteiger partial charge on any atom is -0.364 e. The Morgan fingerprint density at radius 1 is 0.365 bits per heavy atom. The van der Waals surface area contributed by atoms with Gasteiger partial charge in [0.2, 0.25) is 0 Å². The van der Waals surface area contributed by atoms with Gasteiger partial charge in [0, 0.05) is 123 Å². The molecule has 8 aliphatic heterocycles. The van der Waals surface area contributed by atoms with E-state index in [1.54, 1.807) is 98.6 Å². The van der Waals surface area contributed by atoms with E-state index in [1.165, 1.54) is 15.7 Å². The predicted octanol–water partition coefficient (Wildman–Crippen LogP) is 16.5. The van der Waals surface area contributed by atoms with Gasteiger partial charge in [0.25, 0.3) is 23.6 Å². The lowest BCUT2D eigenvalue weighted by atomic mass is 9.76. The van der Waals surface area contributed by atoms with E-state index in [1.807, 2.05) is 135 Å². The van der Waals surface area contributed by atoms with Gasteiger partial charge in [-0.2, -0.15) is 20.4 Å². The van der Waals surface area contributed by atoms with Crippen LogP contribution >= 0.6 is 46.4 Å². The molecule has 12 fully saturated rings. The molecule has 2 aromatic carbocycles. The Hall–Kier alpha value is -12.1. The van der Waals surface area contributed by atoms with Crippen LogP contribution in [0.4, 0.5) is 27.7 Å². The first kappa shape index (κ1) is 86.1. The Balaban J connectivity index is 0.000000119. The summed E-state index contributed by atoms with van der Waals surface area (Å²) in [6, 6.07) is 27.6. The molecule has 4 saturated carbocycles. The first-order valence-electron chi connectivity index (χ1n) is 42.9. The number of aryl methyl sites for hydroxylation is 7. The molecule has 0 radical (unpaired) electrons. The second kappa shape index (κ2) is 37.6. The average Bonchev–Trinajstić information content (AvgIpc) is 0.979. The van der Waals surface area contributed by atoms with E-state index in [0.717, 1.165) is 141 Å². The quantitative estimate of drug-likeness (QED) is 0.0698. The smallest absolute Gasteiger partial charge is 0.275 e. The van der Waals surface area contributed by atoms with E-state index in [-0.39, 0.29) is 77.5 Å². The van der Waals surface area contributed by atoms with Crippen molar-refractivity contribution in [1.29, 1.82) is 0 Å². The van der Waals surface area contributed by atoms with Gasteiger partial charge in [-0.05, 0) is 244 Å². The molecule has 648 valence electrons. The highest BCUT2D eigenvalue weighted by Gasteiger charge is 2.49. The Morgan fingerprint density at radius 2 is 0.738 bits per heavy atom. The topological polar surface area (TPSA) is 320 Å². The highest BCUT2D eigenvalue weighted by atomic mass is 35.5. The van der Waals surface area contributed by atoms with E-state index in [9.17, 15) is 23.6 Å². The number of benzene rings is 2. The molecule has 8 bridgehead atoms. The van der Waals surface area contributed by atoms with Crippen molar-refractivity contribution in [2.45, 2.75) is 174 Å². The third kappa shape index (κ3) is 18.8. The van der Waals surface area contributed by atoms with Crippen LogP contribution in [0.25, 0.3) is 34.3 Å². The first-order chi connectivity index (χ1) is 61.0. The molecular formula is C93H97Cl4FN24O4. The van der Waals surface area contributed by atoms with E-state index < -0.39 is 5.82 Å². The number of nitrogens with zero attached hydrogens (tertiary/aromatic N) is 20. The maximum atomic E-state index is 15.0. The number of piperidine rings is 8. The van der Waals surface area contributed by atoms with Gasteiger partial charge in [0.05, 0.1) is 85.7 Å². The van der Waals surface area contributed by atoms with Crippen LogP contribution in [0, 0.1) is 78.0 Å². The molecule has 28 nitrogen and oxygen atoms in total. The molecule has 24 rings (SSSR count). The van der Waals surface area contributed by atoms with Crippen LogP contribution in [0.5, 0.6) is 0 Å². The summed E-state index contributed by atoms with van der Waals surface area (Å²) in [5.74, 6) is 4.75. The van der Waals surface area contributed by atoms with Gasteiger partial charge in [-0.1, -0.05) is 76.2 Å². The average molecular weight is 1780 g/mol. The monoisotopic (exact) mass is 1770 g/mol. The lowest BCUT2D eigenvalue weighted by Gasteiger charge is -2.50. The highest BCUT2D eigenvalue weighted by Crippen LogP contribution is 2.45. The minimum absolute atomic E-state index is 0.00218. The zero-order valence-corrected chi connectivity index (χ0v) is 73.9. The maximum Gasteiger partial charge on any atom is 0.275 e. The second-order valence-electron chi connectivity index (χ2n) is 34.4. The third-order valence-electron chi connectivity index (χ3n) is 25.3. The van der Waals surface area contributed by atoms with Crippen LogP contribution in [0.3, 0.4) is 0 Å². The molecule has 0 spiro atoms. The van der Waals surface area contributed by atoms with Crippen LogP contribution in [0.1, 0.15) is 158 Å². The number of aromatic nitrogens is 16. The molecule has 12 unspecified atom stereocenters. The first-order valence-corrected chi connectivity index (χ1v) is 44.4. The molecule has 126 heavy (non-hydrogen) atoms. The number of carbonyl (C=O) groups excluding carboxylic acids is 4. The van der Waals surface area contributed by atoms with Crippen LogP contribution in [-0.4, -0.2) is 198 Å². The fourth-order valence-electron chi connectivity index (χ4n) is 19.4. The van der Waals surface area contributed by atoms with E-state index in [0.29, 0.717) is 119 Å². The zero-order chi connectivity index (χ0) is 87.6. The Labute approximate surface area is 749 Å². The molecule has 18 heterocycles. The number of pyridine rings is 6. The van der Waals surface area contributed by atoms with Gasteiger partial charge in [-0.3, -0.25) is 19.2 Å². The lowest BCUT2D eigenvalue weighted by Crippen LogP contribution is -2.60. The number of nitrogens with one attached hydrogen (secondary N) is 4. The van der Waals surface area contributed by atoms with E-state index >= 15 is 0 Å². The van der Waals surface area contributed by atoms with Crippen molar-refractivity contribution < 1.29 is 23.6 Å². The molecule has 12 atom stereocenters. The third-order valence-corrected chi connectivity index (χ3v) is 26.4. The van der Waals surface area contributed by atoms with Crippen molar-refractivity contribution in [3.8, 4) is 34.3 Å². The van der Waals surface area contributed by atoms with E-state index in [4.69, 9.17) is 46.4 Å². The molecule has 12 aromatic rings. The summed E-state index contributed by atoms with van der Waals surface area (Å²) >= 11 is 25.6. The van der Waals surface area contributed by atoms with Crippen molar-refractivity contribution in [3.05, 3.63) is 259 Å². The Kier molecular flexibility index (Phi) is 25.7. The van der Waals surface area contributed by atoms with Crippen LogP contribution in [0.15, 0.2) is 172 Å². The summed E-state index contributed by atoms with van der Waals surface area (Å²) < 4.78 is 15.0. The standard InChI is InChI=1S/C25H26ClN5O.C24H23ClFN5O.2C22H24ClN7O/c1-15-4-6-18(23-27-8-3-9-28-23)19(10-15)25(32)31-14-17-5-7-22(31)21(12-17)30-24-20(26)11-16(2)13-29-24;1-14-10-17(25)23(29-12-14)30-19-11-15-6-7-20(19)31(13-15)24(32)21-16(4-2-5-18(21)26)22-27-8-3-9-28-22;1-13-9-16(23)21(24-11-13)28-17-10-15-4-6-18(17)29(12-15)22(31)20-19(5-3-14(2)27-20)30-25-7-8-26-30;1-13-7-16(21(25-11-13)30-26-5-6-27-30)22(31)29-12-15-3-4-19(29)18(9-15)28-20-17(23)8-14(2)10-24-20/h3-4,6,8-11,13,17,21-22H,5,7,12,14H2,1-2H3,(H,29,30);2-5,8-10,12,15,19-20H,6-7,11,13H2,1H3,(H,29,30);3,5,7-9,11,15,17-18H,4,6,10,12H2,1-2H3,(H,24,28);5-8,10-11,15,18-19H,3-4,9,12H2,1-2H3,(H,24,28). The number of anilines is 4. The Bertz CT molecular complexity index is 5810. The molecule has 4 aliphatic carbocycles. The van der Waals surface area contributed by atoms with Gasteiger partial charge in [0.15, 0.2) is 23.2 Å². The molecule has 8 saturated heterocycles. The highest BCUT2D eigenvalue weighted by molar-refractivity contribution is 6.34. The SMILES string of the molecule is Cc1cnc(NC2CC3CCC2N(C(=O)c2c(F)cccc2-c2ncccn2)C3)c(Cl)c1.Cc1cnc(NC2CC3CCC2N(C(=O)c2cc(C)ccc2-c2ncccn2)C3)c(Cl)c1.Cc1cnc(NC2CC3CCC2N(C(=O)c2cc(C)cnc2-n2nccn2)C3)c(Cl)c1.Cc1cnc(NC2CC3CCC2N(C(=O)c2nc(C)ccc2-n2nccn2)C3)c(Cl)c1. The molecular weight excluding hydrogens is 1680 g/mol.